The first-order valence-electron chi connectivity index (χ1n) is 6.30. The van der Waals surface area contributed by atoms with Crippen molar-refractivity contribution in [3.8, 4) is 5.75 Å². The maximum absolute atomic E-state index is 5.74. The van der Waals surface area contributed by atoms with Gasteiger partial charge in [-0.15, -0.1) is 0 Å². The molecule has 1 unspecified atom stereocenters. The summed E-state index contributed by atoms with van der Waals surface area (Å²) in [4.78, 5) is 2.28. The molecule has 1 aliphatic heterocycles. The van der Waals surface area contributed by atoms with Gasteiger partial charge in [0.05, 0.1) is 6.61 Å². The van der Waals surface area contributed by atoms with Crippen molar-refractivity contribution in [3.63, 3.8) is 0 Å². The predicted octanol–water partition coefficient (Wildman–Crippen LogP) is 1.96. The maximum Gasteiger partial charge on any atom is 0.119 e. The molecule has 0 aromatic heterocycles. The van der Waals surface area contributed by atoms with Gasteiger partial charge in [0.25, 0.3) is 0 Å². The summed E-state index contributed by atoms with van der Waals surface area (Å²) in [5.74, 6) is 0.930. The van der Waals surface area contributed by atoms with Crippen LogP contribution in [0.25, 0.3) is 0 Å². The van der Waals surface area contributed by atoms with Crippen molar-refractivity contribution in [3.05, 3.63) is 29.8 Å². The number of hydrogen-bond acceptors (Lipinski definition) is 3. The van der Waals surface area contributed by atoms with E-state index in [1.165, 1.54) is 5.56 Å². The molecule has 1 aromatic carbocycles. The molecule has 0 saturated carbocycles. The van der Waals surface area contributed by atoms with Gasteiger partial charge in [-0.3, -0.25) is 0 Å². The van der Waals surface area contributed by atoms with Crippen LogP contribution in [0.4, 0.5) is 0 Å². The Morgan fingerprint density at radius 1 is 1.35 bits per heavy atom. The van der Waals surface area contributed by atoms with Crippen LogP contribution in [0.1, 0.15) is 12.5 Å². The molecule has 0 bridgehead atoms. The zero-order chi connectivity index (χ0) is 12.1. The van der Waals surface area contributed by atoms with Crippen LogP contribution in [0.2, 0.25) is 0 Å². The van der Waals surface area contributed by atoms with E-state index in [1.54, 1.807) is 0 Å². The van der Waals surface area contributed by atoms with Crippen LogP contribution >= 0.6 is 0 Å². The molecule has 1 heterocycles. The van der Waals surface area contributed by atoms with Gasteiger partial charge < -0.3 is 14.4 Å². The number of benzene rings is 1. The summed E-state index contributed by atoms with van der Waals surface area (Å²) in [6.07, 6.45) is 1.26. The Morgan fingerprint density at radius 3 is 2.76 bits per heavy atom. The maximum atomic E-state index is 5.74. The van der Waals surface area contributed by atoms with Gasteiger partial charge in [-0.1, -0.05) is 19.1 Å². The highest BCUT2D eigenvalue weighted by Crippen LogP contribution is 2.14. The van der Waals surface area contributed by atoms with Gasteiger partial charge in [-0.2, -0.15) is 0 Å². The molecule has 3 heteroatoms. The first kappa shape index (κ1) is 12.4. The van der Waals surface area contributed by atoms with E-state index in [0.717, 1.165) is 31.9 Å². The molecule has 3 nitrogen and oxygen atoms in total. The summed E-state index contributed by atoms with van der Waals surface area (Å²) in [6, 6.07) is 8.29. The van der Waals surface area contributed by atoms with E-state index in [1.807, 2.05) is 12.1 Å². The van der Waals surface area contributed by atoms with Crippen molar-refractivity contribution in [2.45, 2.75) is 19.4 Å². The fourth-order valence-corrected chi connectivity index (χ4v) is 1.98. The highest BCUT2D eigenvalue weighted by atomic mass is 16.5. The molecule has 1 aromatic rings. The molecule has 0 aliphatic carbocycles. The molecule has 94 valence electrons. The Hall–Kier alpha value is -1.06. The molecule has 0 radical (unpaired) electrons. The third-order valence-corrected chi connectivity index (χ3v) is 3.11. The van der Waals surface area contributed by atoms with E-state index >= 15 is 0 Å². The molecule has 1 fully saturated rings. The average Bonchev–Trinajstić information content (AvgIpc) is 2.37. The zero-order valence-corrected chi connectivity index (χ0v) is 10.7. The topological polar surface area (TPSA) is 21.7 Å². The van der Waals surface area contributed by atoms with Crippen LogP contribution in [0, 0.1) is 0 Å². The van der Waals surface area contributed by atoms with Crippen LogP contribution in [0.5, 0.6) is 5.75 Å². The second-order valence-electron chi connectivity index (χ2n) is 4.56. The van der Waals surface area contributed by atoms with E-state index < -0.39 is 0 Å². The van der Waals surface area contributed by atoms with E-state index in [-0.39, 0.29) is 6.10 Å². The number of ether oxygens (including phenoxy) is 2. The minimum Gasteiger partial charge on any atom is -0.491 e. The Balaban J connectivity index is 1.80. The Labute approximate surface area is 103 Å². The lowest BCUT2D eigenvalue weighted by atomic mass is 10.2. The lowest BCUT2D eigenvalue weighted by Gasteiger charge is -2.29. The minimum absolute atomic E-state index is 0.194. The van der Waals surface area contributed by atoms with Crippen LogP contribution in [-0.2, 0) is 11.2 Å². The Bertz CT molecular complexity index is 337. The summed E-state index contributed by atoms with van der Waals surface area (Å²) in [5, 5.41) is 0. The number of aryl methyl sites for hydroxylation is 1. The van der Waals surface area contributed by atoms with E-state index in [0.29, 0.717) is 6.61 Å². The zero-order valence-electron chi connectivity index (χ0n) is 10.7. The molecular formula is C14H21NO2. The van der Waals surface area contributed by atoms with E-state index in [2.05, 4.69) is 31.0 Å². The van der Waals surface area contributed by atoms with Crippen molar-refractivity contribution in [1.82, 2.24) is 4.90 Å². The fourth-order valence-electron chi connectivity index (χ4n) is 1.98. The first-order valence-corrected chi connectivity index (χ1v) is 6.30. The SMILES string of the molecule is CCc1ccc(OCC2CN(C)CCO2)cc1. The number of nitrogens with zero attached hydrogens (tertiary/aromatic N) is 1. The van der Waals surface area contributed by atoms with E-state index in [4.69, 9.17) is 9.47 Å². The van der Waals surface area contributed by atoms with Crippen LogP contribution in [0.15, 0.2) is 24.3 Å². The molecule has 1 aliphatic rings. The highest BCUT2D eigenvalue weighted by Gasteiger charge is 2.17. The van der Waals surface area contributed by atoms with Gasteiger partial charge in [0.15, 0.2) is 0 Å². The Morgan fingerprint density at radius 2 is 2.12 bits per heavy atom. The van der Waals surface area contributed by atoms with Gasteiger partial charge in [0.1, 0.15) is 18.5 Å². The Kier molecular flexibility index (Phi) is 4.40. The lowest BCUT2D eigenvalue weighted by molar-refractivity contribution is -0.0403. The summed E-state index contributed by atoms with van der Waals surface area (Å²) < 4.78 is 11.4. The molecule has 0 spiro atoms. The molecule has 0 N–H and O–H groups in total. The van der Waals surface area contributed by atoms with Crippen molar-refractivity contribution >= 4 is 0 Å². The normalized spacial score (nSPS) is 21.4. The third-order valence-electron chi connectivity index (χ3n) is 3.11. The van der Waals surface area contributed by atoms with Gasteiger partial charge in [-0.25, -0.2) is 0 Å². The number of rotatable bonds is 4. The smallest absolute Gasteiger partial charge is 0.119 e. The van der Waals surface area contributed by atoms with Gasteiger partial charge in [0, 0.05) is 13.1 Å². The number of hydrogen-bond donors (Lipinski definition) is 0. The second kappa shape index (κ2) is 6.03. The van der Waals surface area contributed by atoms with Crippen molar-refractivity contribution in [2.75, 3.05) is 33.4 Å². The highest BCUT2D eigenvalue weighted by molar-refractivity contribution is 5.27. The average molecular weight is 235 g/mol. The summed E-state index contributed by atoms with van der Waals surface area (Å²) in [7, 11) is 2.12. The van der Waals surface area contributed by atoms with Crippen LogP contribution < -0.4 is 4.74 Å². The largest absolute Gasteiger partial charge is 0.491 e. The van der Waals surface area contributed by atoms with Gasteiger partial charge in [-0.05, 0) is 31.2 Å². The van der Waals surface area contributed by atoms with Crippen LogP contribution in [0.3, 0.4) is 0 Å². The summed E-state index contributed by atoms with van der Waals surface area (Å²) in [5.41, 5.74) is 1.34. The first-order chi connectivity index (χ1) is 8.28. The predicted molar refractivity (Wildman–Crippen MR) is 68.6 cm³/mol. The quantitative estimate of drug-likeness (QED) is 0.796. The van der Waals surface area contributed by atoms with Crippen LogP contribution in [-0.4, -0.2) is 44.4 Å². The molecular weight excluding hydrogens is 214 g/mol. The van der Waals surface area contributed by atoms with Crippen molar-refractivity contribution in [2.24, 2.45) is 0 Å². The summed E-state index contributed by atoms with van der Waals surface area (Å²) >= 11 is 0. The van der Waals surface area contributed by atoms with E-state index in [9.17, 15) is 0 Å². The molecule has 2 rings (SSSR count). The van der Waals surface area contributed by atoms with Crippen molar-refractivity contribution in [1.29, 1.82) is 0 Å². The minimum atomic E-state index is 0.194. The standard InChI is InChI=1S/C14H21NO2/c1-3-12-4-6-13(7-5-12)17-11-14-10-15(2)8-9-16-14/h4-7,14H,3,8-11H2,1-2H3. The molecule has 1 atom stereocenters. The number of likely N-dealkylation sites (N-methyl/N-ethyl adjacent to an activating group) is 1. The number of morpholine rings is 1. The van der Waals surface area contributed by atoms with Gasteiger partial charge in [0.2, 0.25) is 0 Å². The van der Waals surface area contributed by atoms with Gasteiger partial charge >= 0.3 is 0 Å². The molecule has 1 saturated heterocycles. The lowest BCUT2D eigenvalue weighted by Crippen LogP contribution is -2.42. The second-order valence-corrected chi connectivity index (χ2v) is 4.56. The fraction of sp³-hybridized carbons (Fsp3) is 0.571. The molecule has 0 amide bonds. The molecule has 17 heavy (non-hydrogen) atoms. The van der Waals surface area contributed by atoms with Crippen molar-refractivity contribution < 1.29 is 9.47 Å². The third kappa shape index (κ3) is 3.72. The monoisotopic (exact) mass is 235 g/mol. The summed E-state index contributed by atoms with van der Waals surface area (Å²) in [6.45, 7) is 5.56.